The van der Waals surface area contributed by atoms with Gasteiger partial charge in [0.25, 0.3) is 0 Å². The molecule has 1 aliphatic carbocycles. The lowest BCUT2D eigenvalue weighted by Gasteiger charge is -2.05. The molecule has 1 aliphatic rings. The van der Waals surface area contributed by atoms with E-state index in [1.807, 2.05) is 29.6 Å². The van der Waals surface area contributed by atoms with Crippen LogP contribution in [0.4, 0.5) is 0 Å². The molecule has 17 heavy (non-hydrogen) atoms. The van der Waals surface area contributed by atoms with E-state index in [2.05, 4.69) is 6.92 Å². The number of aliphatic hydroxyl groups is 1. The normalized spacial score (nSPS) is 24.8. The van der Waals surface area contributed by atoms with E-state index in [9.17, 15) is 5.11 Å². The number of rotatable bonds is 4. The highest BCUT2D eigenvalue weighted by Crippen LogP contribution is 2.47. The molecule has 0 aliphatic heterocycles. The monoisotopic (exact) mass is 248 g/mol. The highest BCUT2D eigenvalue weighted by molar-refractivity contribution is 7.09. The van der Waals surface area contributed by atoms with Crippen LogP contribution in [-0.2, 0) is 6.42 Å². The highest BCUT2D eigenvalue weighted by Gasteiger charge is 2.36. The fourth-order valence-corrected chi connectivity index (χ4v) is 2.93. The molecule has 0 radical (unpaired) electrons. The molecule has 2 heterocycles. The maximum Gasteiger partial charge on any atom is 0.133 e. The van der Waals surface area contributed by atoms with Crippen LogP contribution in [0.25, 0.3) is 0 Å². The van der Waals surface area contributed by atoms with E-state index in [-0.39, 0.29) is 0 Å². The second-order valence-electron chi connectivity index (χ2n) is 4.86. The van der Waals surface area contributed by atoms with Crippen molar-refractivity contribution in [2.24, 2.45) is 5.92 Å². The van der Waals surface area contributed by atoms with Crippen LogP contribution in [0.3, 0.4) is 0 Å². The highest BCUT2D eigenvalue weighted by atomic mass is 32.1. The third-order valence-corrected chi connectivity index (χ3v) is 4.32. The van der Waals surface area contributed by atoms with E-state index in [1.165, 1.54) is 11.3 Å². The summed E-state index contributed by atoms with van der Waals surface area (Å²) in [4.78, 5) is 1.19. The molecule has 1 N–H and O–H groups in total. The molecule has 3 unspecified atom stereocenters. The van der Waals surface area contributed by atoms with Crippen molar-refractivity contribution in [1.29, 1.82) is 0 Å². The van der Waals surface area contributed by atoms with Crippen molar-refractivity contribution >= 4 is 11.3 Å². The summed E-state index contributed by atoms with van der Waals surface area (Å²) in [5.74, 6) is 3.06. The van der Waals surface area contributed by atoms with Gasteiger partial charge in [-0.3, -0.25) is 0 Å². The van der Waals surface area contributed by atoms with Crippen LogP contribution in [0.15, 0.2) is 34.1 Å². The minimum absolute atomic E-state index is 0.517. The van der Waals surface area contributed by atoms with Crippen molar-refractivity contribution in [3.63, 3.8) is 0 Å². The van der Waals surface area contributed by atoms with Crippen LogP contribution in [0.1, 0.15) is 41.8 Å². The smallest absolute Gasteiger partial charge is 0.133 e. The van der Waals surface area contributed by atoms with Gasteiger partial charge in [-0.1, -0.05) is 13.0 Å². The zero-order valence-electron chi connectivity index (χ0n) is 9.80. The molecule has 0 saturated heterocycles. The number of hydrogen-bond acceptors (Lipinski definition) is 3. The Hall–Kier alpha value is -1.06. The van der Waals surface area contributed by atoms with E-state index >= 15 is 0 Å². The predicted molar refractivity (Wildman–Crippen MR) is 68.2 cm³/mol. The zero-order valence-corrected chi connectivity index (χ0v) is 10.6. The van der Waals surface area contributed by atoms with Crippen LogP contribution in [-0.4, -0.2) is 5.11 Å². The number of hydrogen-bond donors (Lipinski definition) is 1. The Balaban J connectivity index is 1.69. The van der Waals surface area contributed by atoms with E-state index in [0.717, 1.165) is 11.7 Å². The van der Waals surface area contributed by atoms with E-state index < -0.39 is 6.10 Å². The topological polar surface area (TPSA) is 33.4 Å². The van der Waals surface area contributed by atoms with Gasteiger partial charge in [0, 0.05) is 17.2 Å². The fourth-order valence-electron chi connectivity index (χ4n) is 2.19. The summed E-state index contributed by atoms with van der Waals surface area (Å²) in [5.41, 5.74) is 0. The van der Waals surface area contributed by atoms with Crippen molar-refractivity contribution in [3.05, 3.63) is 46.0 Å². The third-order valence-electron chi connectivity index (χ3n) is 3.43. The van der Waals surface area contributed by atoms with Gasteiger partial charge in [0.05, 0.1) is 0 Å². The summed E-state index contributed by atoms with van der Waals surface area (Å²) >= 11 is 1.67. The van der Waals surface area contributed by atoms with Crippen LogP contribution in [0.2, 0.25) is 0 Å². The minimum atomic E-state index is -0.517. The second kappa shape index (κ2) is 4.31. The van der Waals surface area contributed by atoms with Gasteiger partial charge < -0.3 is 9.52 Å². The molecular weight excluding hydrogens is 232 g/mol. The molecule has 3 atom stereocenters. The Bertz CT molecular complexity index is 486. The summed E-state index contributed by atoms with van der Waals surface area (Å²) < 4.78 is 5.74. The Labute approximate surface area is 105 Å². The van der Waals surface area contributed by atoms with Crippen molar-refractivity contribution < 1.29 is 9.52 Å². The van der Waals surface area contributed by atoms with Gasteiger partial charge in [-0.05, 0) is 35.9 Å². The summed E-state index contributed by atoms with van der Waals surface area (Å²) in [6, 6.07) is 7.98. The molecule has 1 fully saturated rings. The summed E-state index contributed by atoms with van der Waals surface area (Å²) in [6.07, 6.45) is 1.34. The molecular formula is C14H16O2S. The lowest BCUT2D eigenvalue weighted by molar-refractivity contribution is 0.149. The first-order chi connectivity index (χ1) is 8.24. The predicted octanol–water partition coefficient (Wildman–Crippen LogP) is 3.74. The van der Waals surface area contributed by atoms with Crippen molar-refractivity contribution in [2.45, 2.75) is 31.8 Å². The van der Waals surface area contributed by atoms with E-state index in [1.54, 1.807) is 11.3 Å². The maximum absolute atomic E-state index is 10.1. The molecule has 3 rings (SSSR count). The second-order valence-corrected chi connectivity index (χ2v) is 5.89. The molecule has 0 spiro atoms. The average Bonchev–Trinajstić information content (AvgIpc) is 2.79. The molecule has 0 aromatic carbocycles. The standard InChI is InChI=1S/C14H16O2S/c1-9-7-11(9)13-4-5-14(16-13)12(15)8-10-3-2-6-17-10/h2-6,9,11-12,15H,7-8H2,1H3. The maximum atomic E-state index is 10.1. The quantitative estimate of drug-likeness (QED) is 0.894. The number of aliphatic hydroxyl groups excluding tert-OH is 1. The summed E-state index contributed by atoms with van der Waals surface area (Å²) in [7, 11) is 0. The summed E-state index contributed by atoms with van der Waals surface area (Å²) in [5, 5.41) is 12.1. The largest absolute Gasteiger partial charge is 0.463 e. The van der Waals surface area contributed by atoms with E-state index in [4.69, 9.17) is 4.42 Å². The zero-order chi connectivity index (χ0) is 11.8. The van der Waals surface area contributed by atoms with E-state index in [0.29, 0.717) is 18.1 Å². The van der Waals surface area contributed by atoms with Crippen LogP contribution in [0, 0.1) is 5.92 Å². The number of furan rings is 1. The minimum Gasteiger partial charge on any atom is -0.463 e. The van der Waals surface area contributed by atoms with Gasteiger partial charge in [0.2, 0.25) is 0 Å². The van der Waals surface area contributed by atoms with Crippen LogP contribution in [0.5, 0.6) is 0 Å². The Morgan fingerprint density at radius 2 is 2.29 bits per heavy atom. The molecule has 2 aromatic heterocycles. The molecule has 0 amide bonds. The molecule has 90 valence electrons. The van der Waals surface area contributed by atoms with Gasteiger partial charge >= 0.3 is 0 Å². The van der Waals surface area contributed by atoms with Gasteiger partial charge in [-0.25, -0.2) is 0 Å². The first kappa shape index (κ1) is 11.1. The Morgan fingerprint density at radius 1 is 1.47 bits per heavy atom. The van der Waals surface area contributed by atoms with Gasteiger partial charge in [0.1, 0.15) is 17.6 Å². The lowest BCUT2D eigenvalue weighted by atomic mass is 10.2. The van der Waals surface area contributed by atoms with Crippen LogP contribution < -0.4 is 0 Å². The van der Waals surface area contributed by atoms with Crippen molar-refractivity contribution in [2.75, 3.05) is 0 Å². The first-order valence-corrected chi connectivity index (χ1v) is 6.92. The lowest BCUT2D eigenvalue weighted by Crippen LogP contribution is -1.98. The Kier molecular flexibility index (Phi) is 2.81. The molecule has 2 nitrogen and oxygen atoms in total. The number of thiophene rings is 1. The molecule has 0 bridgehead atoms. The van der Waals surface area contributed by atoms with Crippen molar-refractivity contribution in [1.82, 2.24) is 0 Å². The van der Waals surface area contributed by atoms with Crippen molar-refractivity contribution in [3.8, 4) is 0 Å². The molecule has 3 heteroatoms. The summed E-state index contributed by atoms with van der Waals surface area (Å²) in [6.45, 7) is 2.23. The molecule has 1 saturated carbocycles. The van der Waals surface area contributed by atoms with Gasteiger partial charge in [0.15, 0.2) is 0 Å². The Morgan fingerprint density at radius 3 is 2.94 bits per heavy atom. The third kappa shape index (κ3) is 2.31. The average molecular weight is 248 g/mol. The SMILES string of the molecule is CC1CC1c1ccc(C(O)Cc2cccs2)o1. The van der Waals surface area contributed by atoms with Gasteiger partial charge in [-0.2, -0.15) is 0 Å². The van der Waals surface area contributed by atoms with Crippen LogP contribution >= 0.6 is 11.3 Å². The first-order valence-electron chi connectivity index (χ1n) is 6.04. The van der Waals surface area contributed by atoms with Gasteiger partial charge in [-0.15, -0.1) is 11.3 Å². The fraction of sp³-hybridized carbons (Fsp3) is 0.429. The molecule has 2 aromatic rings.